The van der Waals surface area contributed by atoms with Crippen LogP contribution in [0.4, 0.5) is 4.39 Å². The number of thiophene rings is 1. The first kappa shape index (κ1) is 12.3. The van der Waals surface area contributed by atoms with Crippen LogP contribution < -0.4 is 0 Å². The normalized spacial score (nSPS) is 10.5. The minimum absolute atomic E-state index is 0.0610. The van der Waals surface area contributed by atoms with Crippen LogP contribution in [0.2, 0.25) is 5.02 Å². The zero-order valence-electron chi connectivity index (χ0n) is 8.95. The van der Waals surface area contributed by atoms with E-state index in [0.29, 0.717) is 6.42 Å². The fraction of sp³-hybridized carbons (Fsp3) is 0.154. The van der Waals surface area contributed by atoms with Crippen LogP contribution in [0, 0.1) is 5.82 Å². The summed E-state index contributed by atoms with van der Waals surface area (Å²) >= 11 is 7.22. The van der Waals surface area contributed by atoms with E-state index in [1.54, 1.807) is 17.4 Å². The molecule has 0 spiro atoms. The van der Waals surface area contributed by atoms with Crippen LogP contribution in [0.3, 0.4) is 0 Å². The molecule has 0 unspecified atom stereocenters. The number of carbonyl (C=O) groups excluding carboxylic acids is 1. The molecule has 0 atom stereocenters. The summed E-state index contributed by atoms with van der Waals surface area (Å²) in [6, 6.07) is 6.31. The van der Waals surface area contributed by atoms with E-state index in [4.69, 9.17) is 11.6 Å². The number of hydrogen-bond acceptors (Lipinski definition) is 2. The summed E-state index contributed by atoms with van der Waals surface area (Å²) in [5.41, 5.74) is 1.77. The number of ketones is 1. The highest BCUT2D eigenvalue weighted by atomic mass is 35.5. The molecule has 1 aromatic heterocycles. The average Bonchev–Trinajstić information content (AvgIpc) is 2.76. The number of halogens is 2. The molecule has 88 valence electrons. The van der Waals surface area contributed by atoms with Gasteiger partial charge in [0, 0.05) is 12.8 Å². The topological polar surface area (TPSA) is 17.1 Å². The lowest BCUT2D eigenvalue weighted by molar-refractivity contribution is -0.117. The van der Waals surface area contributed by atoms with Crippen molar-refractivity contribution in [3.63, 3.8) is 0 Å². The first-order chi connectivity index (χ1) is 8.15. The third-order valence-corrected chi connectivity index (χ3v) is 3.39. The maximum absolute atomic E-state index is 12.9. The maximum atomic E-state index is 12.9. The smallest absolute Gasteiger partial charge is 0.141 e. The Morgan fingerprint density at radius 2 is 2.00 bits per heavy atom. The van der Waals surface area contributed by atoms with E-state index in [0.717, 1.165) is 11.1 Å². The van der Waals surface area contributed by atoms with Gasteiger partial charge < -0.3 is 0 Å². The monoisotopic (exact) mass is 268 g/mol. The predicted octanol–water partition coefficient (Wildman–Crippen LogP) is 3.89. The summed E-state index contributed by atoms with van der Waals surface area (Å²) in [6.45, 7) is 0. The van der Waals surface area contributed by atoms with Gasteiger partial charge in [0.2, 0.25) is 0 Å². The summed E-state index contributed by atoms with van der Waals surface area (Å²) in [5.74, 6) is -0.355. The Balaban J connectivity index is 2.00. The van der Waals surface area contributed by atoms with Gasteiger partial charge in [0.25, 0.3) is 0 Å². The molecule has 0 aliphatic carbocycles. The first-order valence-corrected chi connectivity index (χ1v) is 6.44. The molecule has 4 heteroatoms. The van der Waals surface area contributed by atoms with Crippen molar-refractivity contribution in [2.75, 3.05) is 0 Å². The maximum Gasteiger partial charge on any atom is 0.141 e. The van der Waals surface area contributed by atoms with Gasteiger partial charge in [-0.25, -0.2) is 4.39 Å². The fourth-order valence-electron chi connectivity index (χ4n) is 1.56. The highest BCUT2D eigenvalue weighted by Gasteiger charge is 2.07. The Bertz CT molecular complexity index is 522. The van der Waals surface area contributed by atoms with Crippen LogP contribution in [0.5, 0.6) is 0 Å². The fourth-order valence-corrected chi connectivity index (χ4v) is 2.43. The summed E-state index contributed by atoms with van der Waals surface area (Å²) in [4.78, 5) is 11.7. The quantitative estimate of drug-likeness (QED) is 0.822. The average molecular weight is 269 g/mol. The number of rotatable bonds is 4. The lowest BCUT2D eigenvalue weighted by Gasteiger charge is -2.01. The highest BCUT2D eigenvalue weighted by molar-refractivity contribution is 7.08. The largest absolute Gasteiger partial charge is 0.299 e. The summed E-state index contributed by atoms with van der Waals surface area (Å²) in [7, 11) is 0. The first-order valence-electron chi connectivity index (χ1n) is 5.12. The molecule has 0 amide bonds. The van der Waals surface area contributed by atoms with Gasteiger partial charge in [-0.05, 0) is 40.1 Å². The van der Waals surface area contributed by atoms with E-state index in [9.17, 15) is 9.18 Å². The van der Waals surface area contributed by atoms with Crippen LogP contribution in [0.15, 0.2) is 35.0 Å². The van der Waals surface area contributed by atoms with Gasteiger partial charge in [-0.15, -0.1) is 0 Å². The molecule has 0 aliphatic rings. The van der Waals surface area contributed by atoms with Crippen LogP contribution in [0.25, 0.3) is 0 Å². The number of Topliss-reactive ketones (excluding diaryl/α,β-unsaturated/α-hetero) is 1. The Labute approximate surface area is 108 Å². The van der Waals surface area contributed by atoms with Crippen LogP contribution in [-0.2, 0) is 17.6 Å². The van der Waals surface area contributed by atoms with Crippen molar-refractivity contribution >= 4 is 28.7 Å². The second-order valence-electron chi connectivity index (χ2n) is 3.77. The van der Waals surface area contributed by atoms with E-state index < -0.39 is 5.82 Å². The van der Waals surface area contributed by atoms with Crippen molar-refractivity contribution in [1.29, 1.82) is 0 Å². The number of benzene rings is 1. The van der Waals surface area contributed by atoms with Gasteiger partial charge >= 0.3 is 0 Å². The van der Waals surface area contributed by atoms with Gasteiger partial charge in [0.1, 0.15) is 11.6 Å². The minimum atomic E-state index is -0.458. The van der Waals surface area contributed by atoms with Crippen LogP contribution >= 0.6 is 22.9 Å². The van der Waals surface area contributed by atoms with E-state index in [-0.39, 0.29) is 17.2 Å². The molecule has 0 fully saturated rings. The molecule has 0 saturated heterocycles. The lowest BCUT2D eigenvalue weighted by Crippen LogP contribution is -2.06. The lowest BCUT2D eigenvalue weighted by atomic mass is 10.0. The Morgan fingerprint density at radius 3 is 2.65 bits per heavy atom. The van der Waals surface area contributed by atoms with E-state index in [1.807, 2.05) is 16.8 Å². The van der Waals surface area contributed by atoms with Crippen molar-refractivity contribution in [3.05, 3.63) is 57.0 Å². The highest BCUT2D eigenvalue weighted by Crippen LogP contribution is 2.17. The molecule has 2 rings (SSSR count). The molecule has 0 aliphatic heterocycles. The van der Waals surface area contributed by atoms with Crippen molar-refractivity contribution in [3.8, 4) is 0 Å². The molecule has 1 nitrogen and oxygen atoms in total. The zero-order chi connectivity index (χ0) is 12.3. The third kappa shape index (κ3) is 3.38. The zero-order valence-corrected chi connectivity index (χ0v) is 10.5. The Kier molecular flexibility index (Phi) is 3.92. The second-order valence-corrected chi connectivity index (χ2v) is 4.96. The molecule has 0 radical (unpaired) electrons. The van der Waals surface area contributed by atoms with Gasteiger partial charge in [0.15, 0.2) is 0 Å². The summed E-state index contributed by atoms with van der Waals surface area (Å²) in [6.07, 6.45) is 0.703. The summed E-state index contributed by atoms with van der Waals surface area (Å²) in [5, 5.41) is 3.96. The molecule has 0 bridgehead atoms. The Morgan fingerprint density at radius 1 is 1.24 bits per heavy atom. The van der Waals surface area contributed by atoms with Crippen molar-refractivity contribution in [1.82, 2.24) is 0 Å². The van der Waals surface area contributed by atoms with E-state index in [2.05, 4.69) is 0 Å². The van der Waals surface area contributed by atoms with Gasteiger partial charge in [-0.3, -0.25) is 4.79 Å². The summed E-state index contributed by atoms with van der Waals surface area (Å²) < 4.78 is 12.9. The van der Waals surface area contributed by atoms with E-state index in [1.165, 1.54) is 12.1 Å². The molecule has 0 N–H and O–H groups in total. The standard InChI is InChI=1S/C13H10ClFOS/c14-12-7-9(1-2-13(12)15)5-11(16)6-10-3-4-17-8-10/h1-4,7-8H,5-6H2. The number of carbonyl (C=O) groups is 1. The number of hydrogen-bond donors (Lipinski definition) is 0. The SMILES string of the molecule is O=C(Cc1ccsc1)Cc1ccc(F)c(Cl)c1. The minimum Gasteiger partial charge on any atom is -0.299 e. The van der Waals surface area contributed by atoms with Crippen molar-refractivity contribution in [2.45, 2.75) is 12.8 Å². The molecule has 1 heterocycles. The molecule has 2 aromatic rings. The Hall–Kier alpha value is -1.19. The van der Waals surface area contributed by atoms with E-state index >= 15 is 0 Å². The second kappa shape index (κ2) is 5.43. The predicted molar refractivity (Wildman–Crippen MR) is 68.1 cm³/mol. The molecule has 1 aromatic carbocycles. The van der Waals surface area contributed by atoms with Crippen LogP contribution in [-0.4, -0.2) is 5.78 Å². The van der Waals surface area contributed by atoms with Crippen LogP contribution in [0.1, 0.15) is 11.1 Å². The molecular weight excluding hydrogens is 259 g/mol. The molecule has 17 heavy (non-hydrogen) atoms. The molecule has 0 saturated carbocycles. The van der Waals surface area contributed by atoms with Crippen molar-refractivity contribution < 1.29 is 9.18 Å². The van der Waals surface area contributed by atoms with Crippen molar-refractivity contribution in [2.24, 2.45) is 0 Å². The van der Waals surface area contributed by atoms with Gasteiger partial charge in [-0.1, -0.05) is 17.7 Å². The molecular formula is C13H10ClFOS. The van der Waals surface area contributed by atoms with Gasteiger partial charge in [0.05, 0.1) is 5.02 Å². The van der Waals surface area contributed by atoms with Gasteiger partial charge in [-0.2, -0.15) is 11.3 Å². The third-order valence-electron chi connectivity index (χ3n) is 2.37.